The van der Waals surface area contributed by atoms with E-state index in [-0.39, 0.29) is 0 Å². The van der Waals surface area contributed by atoms with Crippen LogP contribution in [0.25, 0.3) is 0 Å². The molecule has 0 saturated heterocycles. The summed E-state index contributed by atoms with van der Waals surface area (Å²) in [6.45, 7) is 0. The first-order chi connectivity index (χ1) is 4.93. The summed E-state index contributed by atoms with van der Waals surface area (Å²) in [6.07, 6.45) is 1.04. The van der Waals surface area contributed by atoms with Gasteiger partial charge in [0.15, 0.2) is 0 Å². The highest BCUT2D eigenvalue weighted by molar-refractivity contribution is 7.31. The van der Waals surface area contributed by atoms with Crippen LogP contribution in [-0.4, -0.2) is 7.11 Å². The van der Waals surface area contributed by atoms with Gasteiger partial charge in [-0.2, -0.15) is 0 Å². The van der Waals surface area contributed by atoms with Crippen LogP contribution in [-0.2, 0) is 10.7 Å². The highest BCUT2D eigenvalue weighted by atomic mass is 31.1. The minimum atomic E-state index is 0.592. The van der Waals surface area contributed by atoms with Crippen molar-refractivity contribution in [1.29, 1.82) is 0 Å². The molecule has 0 spiro atoms. The molecule has 1 unspecified atom stereocenters. The third-order valence-electron chi connectivity index (χ3n) is 1.26. The van der Waals surface area contributed by atoms with Gasteiger partial charge in [0.05, 0.1) is 0 Å². The fourth-order valence-electron chi connectivity index (χ4n) is 0.751. The van der Waals surface area contributed by atoms with Crippen molar-refractivity contribution in [1.82, 2.24) is 0 Å². The third-order valence-corrected chi connectivity index (χ3v) is 2.10. The van der Waals surface area contributed by atoms with Crippen LogP contribution in [0.3, 0.4) is 0 Å². The Kier molecular flexibility index (Phi) is 3.42. The molecule has 1 aromatic rings. The van der Waals surface area contributed by atoms with E-state index in [1.54, 1.807) is 7.11 Å². The van der Waals surface area contributed by atoms with Crippen LogP contribution >= 0.6 is 8.81 Å². The van der Waals surface area contributed by atoms with E-state index in [1.165, 1.54) is 5.56 Å². The molecule has 2 heteroatoms. The first kappa shape index (κ1) is 7.71. The maximum Gasteiger partial charge on any atom is 0.0394 e. The Labute approximate surface area is 63.3 Å². The van der Waals surface area contributed by atoms with Gasteiger partial charge in [-0.05, 0) is 5.56 Å². The second-order valence-electron chi connectivity index (χ2n) is 2.01. The van der Waals surface area contributed by atoms with Crippen molar-refractivity contribution in [3.8, 4) is 0 Å². The highest BCUT2D eigenvalue weighted by Gasteiger charge is 1.87. The molecular formula is C8H11OP. The molecule has 0 radical (unpaired) electrons. The molecule has 0 aromatic heterocycles. The maximum absolute atomic E-state index is 4.97. The molecule has 54 valence electrons. The minimum Gasteiger partial charge on any atom is -0.365 e. The van der Waals surface area contributed by atoms with Crippen LogP contribution in [0.5, 0.6) is 0 Å². The Morgan fingerprint density at radius 3 is 2.60 bits per heavy atom. The lowest BCUT2D eigenvalue weighted by Gasteiger charge is -1.97. The zero-order valence-corrected chi connectivity index (χ0v) is 7.00. The molecule has 0 heterocycles. The quantitative estimate of drug-likeness (QED) is 0.607. The van der Waals surface area contributed by atoms with Crippen LogP contribution in [0.1, 0.15) is 5.56 Å². The SMILES string of the molecule is COPCc1ccccc1. The van der Waals surface area contributed by atoms with Crippen molar-refractivity contribution in [3.05, 3.63) is 35.9 Å². The monoisotopic (exact) mass is 154 g/mol. The van der Waals surface area contributed by atoms with Gasteiger partial charge < -0.3 is 4.52 Å². The van der Waals surface area contributed by atoms with E-state index in [9.17, 15) is 0 Å². The molecule has 0 bridgehead atoms. The topological polar surface area (TPSA) is 9.23 Å². The molecule has 1 rings (SSSR count). The van der Waals surface area contributed by atoms with Gasteiger partial charge >= 0.3 is 0 Å². The van der Waals surface area contributed by atoms with E-state index in [2.05, 4.69) is 24.3 Å². The number of rotatable bonds is 3. The summed E-state index contributed by atoms with van der Waals surface area (Å²) < 4.78 is 4.97. The van der Waals surface area contributed by atoms with Crippen molar-refractivity contribution in [2.75, 3.05) is 7.11 Å². The van der Waals surface area contributed by atoms with Gasteiger partial charge in [0, 0.05) is 22.1 Å². The van der Waals surface area contributed by atoms with E-state index < -0.39 is 0 Å². The van der Waals surface area contributed by atoms with Crippen LogP contribution in [0.2, 0.25) is 0 Å². The van der Waals surface area contributed by atoms with Crippen LogP contribution in [0, 0.1) is 0 Å². The third kappa shape index (κ3) is 2.47. The summed E-state index contributed by atoms with van der Waals surface area (Å²) >= 11 is 0. The lowest BCUT2D eigenvalue weighted by atomic mass is 10.2. The van der Waals surface area contributed by atoms with E-state index in [0.717, 1.165) is 6.16 Å². The molecular weight excluding hydrogens is 143 g/mol. The van der Waals surface area contributed by atoms with Gasteiger partial charge in [-0.1, -0.05) is 30.3 Å². The standard InChI is InChI=1S/C8H11OP/c1-9-10-7-8-5-3-2-4-6-8/h2-6,10H,7H2,1H3. The zero-order chi connectivity index (χ0) is 7.23. The lowest BCUT2D eigenvalue weighted by molar-refractivity contribution is 0.475. The van der Waals surface area contributed by atoms with Crippen molar-refractivity contribution < 1.29 is 4.52 Å². The van der Waals surface area contributed by atoms with E-state index in [1.807, 2.05) is 6.07 Å². The zero-order valence-electron chi connectivity index (χ0n) is 6.00. The van der Waals surface area contributed by atoms with Gasteiger partial charge in [0.2, 0.25) is 0 Å². The molecule has 0 N–H and O–H groups in total. The minimum absolute atomic E-state index is 0.592. The van der Waals surface area contributed by atoms with E-state index >= 15 is 0 Å². The molecule has 0 saturated carbocycles. The predicted octanol–water partition coefficient (Wildman–Crippen LogP) is 2.43. The average molecular weight is 154 g/mol. The summed E-state index contributed by atoms with van der Waals surface area (Å²) in [5.74, 6) is 0. The molecule has 0 aliphatic heterocycles. The van der Waals surface area contributed by atoms with Gasteiger partial charge in [0.25, 0.3) is 0 Å². The molecule has 1 aromatic carbocycles. The normalized spacial score (nSPS) is 10.9. The number of hydrogen-bond donors (Lipinski definition) is 0. The van der Waals surface area contributed by atoms with Crippen molar-refractivity contribution in [2.24, 2.45) is 0 Å². The first-order valence-corrected chi connectivity index (χ1v) is 4.35. The van der Waals surface area contributed by atoms with Gasteiger partial charge in [-0.25, -0.2) is 0 Å². The van der Waals surface area contributed by atoms with E-state index in [4.69, 9.17) is 4.52 Å². The Bertz CT molecular complexity index is 174. The summed E-state index contributed by atoms with van der Waals surface area (Å²) in [6, 6.07) is 10.4. The fraction of sp³-hybridized carbons (Fsp3) is 0.250. The molecule has 1 nitrogen and oxygen atoms in total. The molecule has 0 amide bonds. The maximum atomic E-state index is 4.97. The Morgan fingerprint density at radius 1 is 1.30 bits per heavy atom. The molecule has 1 atom stereocenters. The smallest absolute Gasteiger partial charge is 0.0394 e. The van der Waals surface area contributed by atoms with Gasteiger partial charge in [-0.15, -0.1) is 0 Å². The van der Waals surface area contributed by atoms with Crippen molar-refractivity contribution in [2.45, 2.75) is 6.16 Å². The van der Waals surface area contributed by atoms with Gasteiger partial charge in [0.1, 0.15) is 0 Å². The lowest BCUT2D eigenvalue weighted by Crippen LogP contribution is -1.75. The Morgan fingerprint density at radius 2 is 2.00 bits per heavy atom. The Balaban J connectivity index is 2.43. The average Bonchev–Trinajstić information content (AvgIpc) is 2.03. The molecule has 0 aliphatic carbocycles. The number of benzene rings is 1. The largest absolute Gasteiger partial charge is 0.365 e. The second-order valence-corrected chi connectivity index (χ2v) is 3.06. The molecule has 0 aliphatic rings. The fourth-order valence-corrected chi connectivity index (χ4v) is 1.30. The van der Waals surface area contributed by atoms with Crippen molar-refractivity contribution >= 4 is 8.81 Å². The van der Waals surface area contributed by atoms with Crippen LogP contribution in [0.4, 0.5) is 0 Å². The summed E-state index contributed by atoms with van der Waals surface area (Å²) in [4.78, 5) is 0. The van der Waals surface area contributed by atoms with Crippen LogP contribution in [0.15, 0.2) is 30.3 Å². The Hall–Kier alpha value is -0.390. The summed E-state index contributed by atoms with van der Waals surface area (Å²) in [5, 5.41) is 0. The second kappa shape index (κ2) is 4.43. The number of hydrogen-bond acceptors (Lipinski definition) is 1. The molecule has 10 heavy (non-hydrogen) atoms. The van der Waals surface area contributed by atoms with Crippen molar-refractivity contribution in [3.63, 3.8) is 0 Å². The first-order valence-electron chi connectivity index (χ1n) is 3.23. The van der Waals surface area contributed by atoms with Crippen LogP contribution < -0.4 is 0 Å². The highest BCUT2D eigenvalue weighted by Crippen LogP contribution is 2.17. The van der Waals surface area contributed by atoms with Gasteiger partial charge in [-0.3, -0.25) is 0 Å². The predicted molar refractivity (Wildman–Crippen MR) is 45.5 cm³/mol. The summed E-state index contributed by atoms with van der Waals surface area (Å²) in [7, 11) is 2.33. The summed E-state index contributed by atoms with van der Waals surface area (Å²) in [5.41, 5.74) is 1.35. The molecule has 0 fully saturated rings. The van der Waals surface area contributed by atoms with E-state index in [0.29, 0.717) is 8.81 Å².